The van der Waals surface area contributed by atoms with Crippen molar-refractivity contribution in [1.82, 2.24) is 14.8 Å². The van der Waals surface area contributed by atoms with Crippen molar-refractivity contribution in [1.29, 1.82) is 0 Å². The SMILES string of the molecule is C\C=C/C=N/C=C/c1nnc(SCc2ccc(CC)cc2)n1CC. The van der Waals surface area contributed by atoms with Gasteiger partial charge in [0.2, 0.25) is 0 Å². The number of thioether (sulfide) groups is 1. The summed E-state index contributed by atoms with van der Waals surface area (Å²) in [5.74, 6) is 1.73. The average molecular weight is 340 g/mol. The van der Waals surface area contributed by atoms with Gasteiger partial charge in [0.15, 0.2) is 11.0 Å². The molecule has 0 N–H and O–H groups in total. The van der Waals surface area contributed by atoms with E-state index in [1.807, 2.05) is 25.2 Å². The van der Waals surface area contributed by atoms with E-state index in [0.717, 1.165) is 29.7 Å². The summed E-state index contributed by atoms with van der Waals surface area (Å²) in [5.41, 5.74) is 2.67. The number of allylic oxidation sites excluding steroid dienone is 2. The molecule has 4 nitrogen and oxygen atoms in total. The van der Waals surface area contributed by atoms with E-state index in [-0.39, 0.29) is 0 Å². The van der Waals surface area contributed by atoms with E-state index in [1.165, 1.54) is 11.1 Å². The minimum atomic E-state index is 0.832. The molecule has 0 aliphatic rings. The van der Waals surface area contributed by atoms with Gasteiger partial charge in [-0.2, -0.15) is 0 Å². The zero-order chi connectivity index (χ0) is 17.2. The first kappa shape index (κ1) is 18.2. The molecule has 0 radical (unpaired) electrons. The predicted octanol–water partition coefficient (Wildman–Crippen LogP) is 4.77. The first-order valence-electron chi connectivity index (χ1n) is 8.23. The molecule has 0 aliphatic heterocycles. The van der Waals surface area contributed by atoms with Crippen molar-refractivity contribution in [2.75, 3.05) is 0 Å². The summed E-state index contributed by atoms with van der Waals surface area (Å²) in [4.78, 5) is 4.17. The Morgan fingerprint density at radius 1 is 1.12 bits per heavy atom. The molecule has 0 bridgehead atoms. The maximum absolute atomic E-state index is 4.31. The standard InChI is InChI=1S/C19H24N4S/c1-4-7-13-20-14-12-18-21-22-19(23(18)6-3)24-15-17-10-8-16(5-2)9-11-17/h4,7-14H,5-6,15H2,1-3H3/b7-4-,14-12+,20-13+. The lowest BCUT2D eigenvalue weighted by molar-refractivity contribution is 0.675. The summed E-state index contributed by atoms with van der Waals surface area (Å²) in [6, 6.07) is 8.76. The summed E-state index contributed by atoms with van der Waals surface area (Å²) in [5, 5.41) is 9.51. The molecule has 0 aliphatic carbocycles. The molecule has 1 aromatic heterocycles. The van der Waals surface area contributed by atoms with Crippen LogP contribution < -0.4 is 0 Å². The molecule has 1 aromatic carbocycles. The fourth-order valence-electron chi connectivity index (χ4n) is 2.14. The third-order valence-corrected chi connectivity index (χ3v) is 4.57. The Morgan fingerprint density at radius 3 is 2.54 bits per heavy atom. The van der Waals surface area contributed by atoms with Crippen LogP contribution >= 0.6 is 11.8 Å². The normalized spacial score (nSPS) is 12.1. The van der Waals surface area contributed by atoms with Crippen molar-refractivity contribution in [2.45, 2.75) is 44.6 Å². The zero-order valence-corrected chi connectivity index (χ0v) is 15.3. The highest BCUT2D eigenvalue weighted by molar-refractivity contribution is 7.98. The molecule has 0 unspecified atom stereocenters. The van der Waals surface area contributed by atoms with Crippen LogP contribution in [-0.4, -0.2) is 21.0 Å². The molecular weight excluding hydrogens is 316 g/mol. The second-order valence-electron chi connectivity index (χ2n) is 5.18. The Bertz CT molecular complexity index is 711. The van der Waals surface area contributed by atoms with E-state index in [0.29, 0.717) is 0 Å². The molecule has 24 heavy (non-hydrogen) atoms. The van der Waals surface area contributed by atoms with Crippen molar-refractivity contribution >= 4 is 24.1 Å². The Hall–Kier alpha value is -2.14. The van der Waals surface area contributed by atoms with Gasteiger partial charge in [-0.3, -0.25) is 4.99 Å². The van der Waals surface area contributed by atoms with Crippen molar-refractivity contribution in [3.8, 4) is 0 Å². The average Bonchev–Trinajstić information content (AvgIpc) is 3.02. The Labute approximate surface area is 148 Å². The van der Waals surface area contributed by atoms with Crippen molar-refractivity contribution < 1.29 is 0 Å². The van der Waals surface area contributed by atoms with Gasteiger partial charge in [0, 0.05) is 30.8 Å². The third kappa shape index (κ3) is 5.20. The number of hydrogen-bond donors (Lipinski definition) is 0. The predicted molar refractivity (Wildman–Crippen MR) is 103 cm³/mol. The van der Waals surface area contributed by atoms with Gasteiger partial charge < -0.3 is 4.57 Å². The van der Waals surface area contributed by atoms with Crippen LogP contribution in [-0.2, 0) is 18.7 Å². The van der Waals surface area contributed by atoms with Crippen LogP contribution in [0.4, 0.5) is 0 Å². The number of aromatic nitrogens is 3. The van der Waals surface area contributed by atoms with E-state index in [2.05, 4.69) is 57.9 Å². The number of nitrogens with zero attached hydrogens (tertiary/aromatic N) is 4. The summed E-state index contributed by atoms with van der Waals surface area (Å²) in [6.07, 6.45) is 10.3. The topological polar surface area (TPSA) is 43.1 Å². The highest BCUT2D eigenvalue weighted by Crippen LogP contribution is 2.22. The van der Waals surface area contributed by atoms with Gasteiger partial charge in [0.25, 0.3) is 0 Å². The van der Waals surface area contributed by atoms with E-state index in [1.54, 1.807) is 24.2 Å². The number of aliphatic imine (C=N–C) groups is 1. The summed E-state index contributed by atoms with van der Waals surface area (Å²) in [6.45, 7) is 7.07. The molecule has 0 atom stereocenters. The zero-order valence-electron chi connectivity index (χ0n) is 14.5. The number of aryl methyl sites for hydroxylation is 1. The van der Waals surface area contributed by atoms with E-state index < -0.39 is 0 Å². The minimum absolute atomic E-state index is 0.832. The quantitative estimate of drug-likeness (QED) is 0.513. The molecule has 2 rings (SSSR count). The Morgan fingerprint density at radius 2 is 1.88 bits per heavy atom. The molecule has 2 aromatic rings. The second kappa shape index (κ2) is 9.88. The third-order valence-electron chi connectivity index (χ3n) is 3.54. The molecule has 0 saturated carbocycles. The van der Waals surface area contributed by atoms with Crippen molar-refractivity contribution in [3.05, 3.63) is 59.6 Å². The van der Waals surface area contributed by atoms with Crippen LogP contribution in [0.3, 0.4) is 0 Å². The lowest BCUT2D eigenvalue weighted by atomic mass is 10.1. The van der Waals surface area contributed by atoms with Gasteiger partial charge in [0.05, 0.1) is 0 Å². The summed E-state index contributed by atoms with van der Waals surface area (Å²) >= 11 is 1.71. The second-order valence-corrected chi connectivity index (χ2v) is 6.13. The summed E-state index contributed by atoms with van der Waals surface area (Å²) < 4.78 is 2.10. The van der Waals surface area contributed by atoms with Crippen LogP contribution in [0.15, 0.2) is 52.8 Å². The Kier molecular flexibility index (Phi) is 7.49. The van der Waals surface area contributed by atoms with Gasteiger partial charge >= 0.3 is 0 Å². The minimum Gasteiger partial charge on any atom is -0.303 e. The van der Waals surface area contributed by atoms with Crippen LogP contribution in [0, 0.1) is 0 Å². The molecule has 5 heteroatoms. The maximum Gasteiger partial charge on any atom is 0.191 e. The molecule has 0 amide bonds. The smallest absolute Gasteiger partial charge is 0.191 e. The van der Waals surface area contributed by atoms with Gasteiger partial charge in [-0.25, -0.2) is 0 Å². The van der Waals surface area contributed by atoms with Crippen LogP contribution in [0.5, 0.6) is 0 Å². The molecule has 0 saturated heterocycles. The van der Waals surface area contributed by atoms with Gasteiger partial charge in [-0.1, -0.05) is 49.0 Å². The highest BCUT2D eigenvalue weighted by Gasteiger charge is 2.09. The Balaban J connectivity index is 2.02. The fourth-order valence-corrected chi connectivity index (χ4v) is 3.11. The van der Waals surface area contributed by atoms with E-state index >= 15 is 0 Å². The lowest BCUT2D eigenvalue weighted by Gasteiger charge is -2.05. The van der Waals surface area contributed by atoms with Crippen molar-refractivity contribution in [2.24, 2.45) is 4.99 Å². The molecule has 0 spiro atoms. The number of benzene rings is 1. The number of rotatable bonds is 8. The van der Waals surface area contributed by atoms with Gasteiger partial charge in [-0.05, 0) is 37.5 Å². The van der Waals surface area contributed by atoms with E-state index in [4.69, 9.17) is 0 Å². The van der Waals surface area contributed by atoms with Gasteiger partial charge in [-0.15, -0.1) is 10.2 Å². The van der Waals surface area contributed by atoms with Crippen molar-refractivity contribution in [3.63, 3.8) is 0 Å². The van der Waals surface area contributed by atoms with Crippen LogP contribution in [0.1, 0.15) is 37.7 Å². The maximum atomic E-state index is 4.31. The monoisotopic (exact) mass is 340 g/mol. The summed E-state index contributed by atoms with van der Waals surface area (Å²) in [7, 11) is 0. The highest BCUT2D eigenvalue weighted by atomic mass is 32.2. The molecule has 0 fully saturated rings. The molecule has 1 heterocycles. The first-order valence-corrected chi connectivity index (χ1v) is 9.21. The van der Waals surface area contributed by atoms with E-state index in [9.17, 15) is 0 Å². The van der Waals surface area contributed by atoms with Crippen LogP contribution in [0.25, 0.3) is 6.08 Å². The largest absolute Gasteiger partial charge is 0.303 e. The lowest BCUT2D eigenvalue weighted by Crippen LogP contribution is -1.99. The molecular formula is C19H24N4S. The first-order chi connectivity index (χ1) is 11.8. The van der Waals surface area contributed by atoms with Gasteiger partial charge in [0.1, 0.15) is 0 Å². The fraction of sp³-hybridized carbons (Fsp3) is 0.316. The van der Waals surface area contributed by atoms with Crippen LogP contribution in [0.2, 0.25) is 0 Å². The number of hydrogen-bond acceptors (Lipinski definition) is 4. The molecule has 126 valence electrons.